The summed E-state index contributed by atoms with van der Waals surface area (Å²) < 4.78 is 2.11. The van der Waals surface area contributed by atoms with Gasteiger partial charge in [0.2, 0.25) is 0 Å². The molecule has 3 aromatic rings. The highest BCUT2D eigenvalue weighted by atomic mass is 16.1. The van der Waals surface area contributed by atoms with Gasteiger partial charge in [-0.2, -0.15) is 0 Å². The van der Waals surface area contributed by atoms with Gasteiger partial charge in [0.25, 0.3) is 5.91 Å². The number of aryl methyl sites for hydroxylation is 2. The van der Waals surface area contributed by atoms with Crippen molar-refractivity contribution >= 4 is 5.91 Å². The highest BCUT2D eigenvalue weighted by Crippen LogP contribution is 2.19. The Morgan fingerprint density at radius 1 is 1.20 bits per heavy atom. The average Bonchev–Trinajstić information content (AvgIpc) is 3.10. The number of amides is 1. The van der Waals surface area contributed by atoms with Crippen molar-refractivity contribution in [3.63, 3.8) is 0 Å². The predicted octanol–water partition coefficient (Wildman–Crippen LogP) is 3.00. The van der Waals surface area contributed by atoms with E-state index in [1.165, 1.54) is 0 Å². The third-order valence-electron chi connectivity index (χ3n) is 4.67. The van der Waals surface area contributed by atoms with Crippen LogP contribution in [0.5, 0.6) is 0 Å². The fourth-order valence-electron chi connectivity index (χ4n) is 3.32. The van der Waals surface area contributed by atoms with Crippen molar-refractivity contribution in [2.75, 3.05) is 0 Å². The molecule has 2 aromatic heterocycles. The van der Waals surface area contributed by atoms with Gasteiger partial charge in [0.1, 0.15) is 5.82 Å². The number of nitrogens with one attached hydrogen (secondary N) is 1. The van der Waals surface area contributed by atoms with Crippen LogP contribution in [0.4, 0.5) is 0 Å². The van der Waals surface area contributed by atoms with Gasteiger partial charge in [-0.1, -0.05) is 30.3 Å². The summed E-state index contributed by atoms with van der Waals surface area (Å²) in [5.41, 5.74) is 3.32. The smallest absolute Gasteiger partial charge is 0.253 e. The van der Waals surface area contributed by atoms with E-state index in [9.17, 15) is 4.79 Å². The van der Waals surface area contributed by atoms with Crippen LogP contribution in [-0.4, -0.2) is 26.5 Å². The highest BCUT2D eigenvalue weighted by Gasteiger charge is 2.21. The quantitative estimate of drug-likeness (QED) is 0.802. The maximum absolute atomic E-state index is 12.7. The van der Waals surface area contributed by atoms with Crippen LogP contribution in [0.3, 0.4) is 0 Å². The maximum atomic E-state index is 12.7. The van der Waals surface area contributed by atoms with Gasteiger partial charge < -0.3 is 9.88 Å². The summed E-state index contributed by atoms with van der Waals surface area (Å²) in [6, 6.07) is 13.9. The van der Waals surface area contributed by atoms with Gasteiger partial charge >= 0.3 is 0 Å². The fourth-order valence-corrected chi connectivity index (χ4v) is 3.32. The standard InChI is InChI=1S/C20H20N4O/c1-14-17(8-9-18(22-14)15-5-3-2-4-6-15)20(25)23-16-7-10-19-21-11-12-24(19)13-16/h2-6,8-9,11-12,16H,7,10,13H2,1H3,(H,23,25). The Hall–Kier alpha value is -2.95. The van der Waals surface area contributed by atoms with Crippen molar-refractivity contribution in [2.45, 2.75) is 32.4 Å². The molecule has 5 heteroatoms. The normalized spacial score (nSPS) is 16.3. The molecule has 0 radical (unpaired) electrons. The minimum Gasteiger partial charge on any atom is -0.347 e. The van der Waals surface area contributed by atoms with Crippen LogP contribution < -0.4 is 5.32 Å². The minimum atomic E-state index is -0.0572. The molecule has 1 N–H and O–H groups in total. The minimum absolute atomic E-state index is 0.0572. The number of carbonyl (C=O) groups excluding carboxylic acids is 1. The summed E-state index contributed by atoms with van der Waals surface area (Å²) in [5.74, 6) is 1.04. The van der Waals surface area contributed by atoms with Gasteiger partial charge in [0, 0.05) is 37.0 Å². The lowest BCUT2D eigenvalue weighted by molar-refractivity contribution is 0.0926. The zero-order valence-corrected chi connectivity index (χ0v) is 14.1. The van der Waals surface area contributed by atoms with E-state index >= 15 is 0 Å². The Bertz CT molecular complexity index is 901. The number of carbonyl (C=O) groups is 1. The highest BCUT2D eigenvalue weighted by molar-refractivity contribution is 5.95. The molecule has 1 aliphatic heterocycles. The number of rotatable bonds is 3. The number of benzene rings is 1. The lowest BCUT2D eigenvalue weighted by atomic mass is 10.1. The van der Waals surface area contributed by atoms with Crippen LogP contribution >= 0.6 is 0 Å². The molecule has 1 aliphatic rings. The number of imidazole rings is 1. The molecule has 0 aliphatic carbocycles. The van der Waals surface area contributed by atoms with Crippen LogP contribution in [0.2, 0.25) is 0 Å². The molecule has 126 valence electrons. The first kappa shape index (κ1) is 15.6. The molecule has 5 nitrogen and oxygen atoms in total. The van der Waals surface area contributed by atoms with Crippen LogP contribution in [0.1, 0.15) is 28.3 Å². The molecule has 0 bridgehead atoms. The molecule has 1 atom stereocenters. The molecule has 4 rings (SSSR count). The Morgan fingerprint density at radius 2 is 2.04 bits per heavy atom. The lowest BCUT2D eigenvalue weighted by Crippen LogP contribution is -2.41. The van der Waals surface area contributed by atoms with Gasteiger partial charge in [0.15, 0.2) is 0 Å². The summed E-state index contributed by atoms with van der Waals surface area (Å²) in [7, 11) is 0. The first-order valence-corrected chi connectivity index (χ1v) is 8.54. The Balaban J connectivity index is 1.49. The molecule has 25 heavy (non-hydrogen) atoms. The number of pyridine rings is 1. The van der Waals surface area contributed by atoms with Crippen molar-refractivity contribution in [1.82, 2.24) is 19.9 Å². The second kappa shape index (κ2) is 6.51. The van der Waals surface area contributed by atoms with Gasteiger partial charge in [-0.25, -0.2) is 4.98 Å². The molecule has 1 aromatic carbocycles. The predicted molar refractivity (Wildman–Crippen MR) is 96.2 cm³/mol. The van der Waals surface area contributed by atoms with E-state index < -0.39 is 0 Å². The first-order chi connectivity index (χ1) is 12.2. The Labute approximate surface area is 146 Å². The van der Waals surface area contributed by atoms with Gasteiger partial charge in [-0.15, -0.1) is 0 Å². The van der Waals surface area contributed by atoms with Crippen molar-refractivity contribution in [1.29, 1.82) is 0 Å². The van der Waals surface area contributed by atoms with Crippen LogP contribution in [0, 0.1) is 6.92 Å². The second-order valence-corrected chi connectivity index (χ2v) is 6.40. The van der Waals surface area contributed by atoms with E-state index in [1.807, 2.05) is 61.8 Å². The van der Waals surface area contributed by atoms with E-state index in [1.54, 1.807) is 0 Å². The van der Waals surface area contributed by atoms with Crippen molar-refractivity contribution in [3.05, 3.63) is 71.9 Å². The third-order valence-corrected chi connectivity index (χ3v) is 4.67. The summed E-state index contributed by atoms with van der Waals surface area (Å²) in [5, 5.41) is 3.14. The van der Waals surface area contributed by atoms with E-state index in [-0.39, 0.29) is 11.9 Å². The number of hydrogen-bond donors (Lipinski definition) is 1. The zero-order valence-electron chi connectivity index (χ0n) is 14.1. The zero-order chi connectivity index (χ0) is 17.2. The Kier molecular flexibility index (Phi) is 4.06. The molecule has 0 saturated heterocycles. The molecular weight excluding hydrogens is 312 g/mol. The first-order valence-electron chi connectivity index (χ1n) is 8.54. The van der Waals surface area contributed by atoms with Crippen LogP contribution in [-0.2, 0) is 13.0 Å². The Morgan fingerprint density at radius 3 is 2.84 bits per heavy atom. The third kappa shape index (κ3) is 3.18. The molecule has 1 unspecified atom stereocenters. The number of aromatic nitrogens is 3. The summed E-state index contributed by atoms with van der Waals surface area (Å²) in [6.45, 7) is 2.66. The molecule has 1 amide bonds. The van der Waals surface area contributed by atoms with E-state index in [0.29, 0.717) is 5.56 Å². The lowest BCUT2D eigenvalue weighted by Gasteiger charge is -2.25. The van der Waals surface area contributed by atoms with E-state index in [0.717, 1.165) is 42.2 Å². The molecule has 0 fully saturated rings. The fraction of sp³-hybridized carbons (Fsp3) is 0.250. The number of nitrogens with zero attached hydrogens (tertiary/aromatic N) is 3. The summed E-state index contributed by atoms with van der Waals surface area (Å²) >= 11 is 0. The largest absolute Gasteiger partial charge is 0.347 e. The van der Waals surface area contributed by atoms with Gasteiger partial charge in [-0.05, 0) is 25.5 Å². The number of hydrogen-bond acceptors (Lipinski definition) is 3. The number of fused-ring (bicyclic) bond motifs is 1. The monoisotopic (exact) mass is 332 g/mol. The SMILES string of the molecule is Cc1nc(-c2ccccc2)ccc1C(=O)NC1CCc2nccn2C1. The van der Waals surface area contributed by atoms with E-state index in [4.69, 9.17) is 0 Å². The maximum Gasteiger partial charge on any atom is 0.253 e. The van der Waals surface area contributed by atoms with Gasteiger partial charge in [-0.3, -0.25) is 9.78 Å². The van der Waals surface area contributed by atoms with E-state index in [2.05, 4.69) is 19.9 Å². The van der Waals surface area contributed by atoms with Crippen LogP contribution in [0.15, 0.2) is 54.9 Å². The topological polar surface area (TPSA) is 59.8 Å². The molecular formula is C20H20N4O. The summed E-state index contributed by atoms with van der Waals surface area (Å²) in [6.07, 6.45) is 5.59. The average molecular weight is 332 g/mol. The molecule has 3 heterocycles. The van der Waals surface area contributed by atoms with Crippen LogP contribution in [0.25, 0.3) is 11.3 Å². The van der Waals surface area contributed by atoms with Crippen molar-refractivity contribution in [3.8, 4) is 11.3 Å². The summed E-state index contributed by atoms with van der Waals surface area (Å²) in [4.78, 5) is 21.6. The van der Waals surface area contributed by atoms with Crippen molar-refractivity contribution < 1.29 is 4.79 Å². The van der Waals surface area contributed by atoms with Gasteiger partial charge in [0.05, 0.1) is 17.0 Å². The second-order valence-electron chi connectivity index (χ2n) is 6.40. The molecule has 0 saturated carbocycles. The van der Waals surface area contributed by atoms with Crippen molar-refractivity contribution in [2.24, 2.45) is 0 Å². The molecule has 0 spiro atoms.